The number of ether oxygens (including phenoxy) is 2. The standard InChI is InChI=1S/C18H32N4O7/c1-28-17(26)14-21-5-3-19(11-12-23)4-6-22(15-18(27)29-2)10-8-20(7-9-21)13-16(24)25/h12H,3-11,13-15H2,1-2H3,(H,24,25). The number of esters is 2. The second-order valence-electron chi connectivity index (χ2n) is 6.84. The van der Waals surface area contributed by atoms with Gasteiger partial charge in [-0.15, -0.1) is 0 Å². The molecule has 0 atom stereocenters. The maximum Gasteiger partial charge on any atom is 0.319 e. The minimum Gasteiger partial charge on any atom is -0.480 e. The Kier molecular flexibility index (Phi) is 12.0. The van der Waals surface area contributed by atoms with Crippen LogP contribution in [-0.2, 0) is 28.7 Å². The molecule has 166 valence electrons. The SMILES string of the molecule is COC(=O)CN1CCN(CC=O)CCN(CC(=O)OC)CCN(CC(=O)O)CC1. The summed E-state index contributed by atoms with van der Waals surface area (Å²) < 4.78 is 9.49. The van der Waals surface area contributed by atoms with Crippen molar-refractivity contribution in [1.29, 1.82) is 0 Å². The van der Waals surface area contributed by atoms with Crippen LogP contribution in [-0.4, -0.2) is 142 Å². The molecule has 0 aliphatic carbocycles. The number of carboxylic acids is 1. The first-order chi connectivity index (χ1) is 13.9. The molecule has 0 aromatic rings. The minimum atomic E-state index is -0.937. The molecule has 1 N–H and O–H groups in total. The molecule has 0 aromatic heterocycles. The number of rotatable bonds is 8. The normalized spacial score (nSPS) is 19.0. The lowest BCUT2D eigenvalue weighted by Gasteiger charge is -2.32. The van der Waals surface area contributed by atoms with Crippen LogP contribution in [0.15, 0.2) is 0 Å². The number of carbonyl (C=O) groups excluding carboxylic acids is 3. The highest BCUT2D eigenvalue weighted by molar-refractivity contribution is 5.71. The van der Waals surface area contributed by atoms with E-state index in [1.807, 2.05) is 14.7 Å². The molecule has 0 spiro atoms. The first kappa shape index (κ1) is 25.0. The summed E-state index contributed by atoms with van der Waals surface area (Å²) >= 11 is 0. The molecule has 11 nitrogen and oxygen atoms in total. The van der Waals surface area contributed by atoms with Gasteiger partial charge in [0.1, 0.15) is 6.29 Å². The fraction of sp³-hybridized carbons (Fsp3) is 0.778. The highest BCUT2D eigenvalue weighted by Crippen LogP contribution is 2.01. The second-order valence-corrected chi connectivity index (χ2v) is 6.84. The Morgan fingerprint density at radius 1 is 0.724 bits per heavy atom. The Balaban J connectivity index is 2.89. The van der Waals surface area contributed by atoms with Gasteiger partial charge in [-0.2, -0.15) is 0 Å². The van der Waals surface area contributed by atoms with Crippen molar-refractivity contribution in [3.05, 3.63) is 0 Å². The number of nitrogens with zero attached hydrogens (tertiary/aromatic N) is 4. The van der Waals surface area contributed by atoms with Crippen molar-refractivity contribution < 1.29 is 33.8 Å². The molecule has 1 aliphatic rings. The van der Waals surface area contributed by atoms with Gasteiger partial charge in [-0.25, -0.2) is 0 Å². The minimum absolute atomic E-state index is 0.0980. The molecule has 0 aromatic carbocycles. The van der Waals surface area contributed by atoms with Crippen LogP contribution < -0.4 is 0 Å². The fourth-order valence-electron chi connectivity index (χ4n) is 3.03. The van der Waals surface area contributed by atoms with Crippen LogP contribution in [0.1, 0.15) is 0 Å². The lowest BCUT2D eigenvalue weighted by atomic mass is 10.3. The topological polar surface area (TPSA) is 120 Å². The summed E-state index contributed by atoms with van der Waals surface area (Å²) in [5.74, 6) is -1.67. The largest absolute Gasteiger partial charge is 0.480 e. The van der Waals surface area contributed by atoms with E-state index in [0.717, 1.165) is 6.29 Å². The lowest BCUT2D eigenvalue weighted by Crippen LogP contribution is -2.48. The van der Waals surface area contributed by atoms with Crippen molar-refractivity contribution in [2.45, 2.75) is 0 Å². The third-order valence-corrected chi connectivity index (χ3v) is 4.78. The van der Waals surface area contributed by atoms with Crippen molar-refractivity contribution >= 4 is 24.2 Å². The monoisotopic (exact) mass is 416 g/mol. The molecule has 0 unspecified atom stereocenters. The highest BCUT2D eigenvalue weighted by Gasteiger charge is 2.20. The number of aliphatic carboxylic acids is 1. The lowest BCUT2D eigenvalue weighted by molar-refractivity contribution is -0.143. The van der Waals surface area contributed by atoms with Crippen molar-refractivity contribution in [3.63, 3.8) is 0 Å². The molecular weight excluding hydrogens is 384 g/mol. The summed E-state index contributed by atoms with van der Waals surface area (Å²) in [4.78, 5) is 53.2. The number of hydrogen-bond acceptors (Lipinski definition) is 10. The molecule has 29 heavy (non-hydrogen) atoms. The van der Waals surface area contributed by atoms with Gasteiger partial charge in [-0.05, 0) is 0 Å². The van der Waals surface area contributed by atoms with Gasteiger partial charge < -0.3 is 19.4 Å². The van der Waals surface area contributed by atoms with Gasteiger partial charge in [0.15, 0.2) is 0 Å². The zero-order chi connectivity index (χ0) is 21.6. The first-order valence-corrected chi connectivity index (χ1v) is 9.56. The van der Waals surface area contributed by atoms with E-state index in [2.05, 4.69) is 0 Å². The summed E-state index contributed by atoms with van der Waals surface area (Å²) in [5.41, 5.74) is 0. The van der Waals surface area contributed by atoms with Crippen LogP contribution in [0.4, 0.5) is 0 Å². The Morgan fingerprint density at radius 2 is 1.07 bits per heavy atom. The third kappa shape index (κ3) is 10.9. The summed E-state index contributed by atoms with van der Waals surface area (Å²) in [6.07, 6.45) is 0.829. The van der Waals surface area contributed by atoms with Crippen molar-refractivity contribution in [2.75, 3.05) is 92.8 Å². The average Bonchev–Trinajstić information content (AvgIpc) is 2.69. The van der Waals surface area contributed by atoms with Gasteiger partial charge in [0.2, 0.25) is 0 Å². The summed E-state index contributed by atoms with van der Waals surface area (Å²) in [5, 5.41) is 9.19. The van der Waals surface area contributed by atoms with Gasteiger partial charge in [-0.3, -0.25) is 34.0 Å². The van der Waals surface area contributed by atoms with Crippen LogP contribution in [0.2, 0.25) is 0 Å². The van der Waals surface area contributed by atoms with E-state index in [4.69, 9.17) is 9.47 Å². The first-order valence-electron chi connectivity index (χ1n) is 9.56. The molecule has 1 rings (SSSR count). The summed E-state index contributed by atoms with van der Waals surface area (Å²) in [7, 11) is 2.65. The van der Waals surface area contributed by atoms with E-state index in [1.165, 1.54) is 14.2 Å². The Labute approximate surface area is 171 Å². The van der Waals surface area contributed by atoms with Gasteiger partial charge in [0.25, 0.3) is 0 Å². The molecule has 1 heterocycles. The van der Waals surface area contributed by atoms with Gasteiger partial charge >= 0.3 is 17.9 Å². The third-order valence-electron chi connectivity index (χ3n) is 4.78. The Hall–Kier alpha value is -2.08. The van der Waals surface area contributed by atoms with E-state index in [9.17, 15) is 24.3 Å². The van der Waals surface area contributed by atoms with E-state index in [-0.39, 0.29) is 38.1 Å². The fourth-order valence-corrected chi connectivity index (χ4v) is 3.03. The zero-order valence-electron chi connectivity index (χ0n) is 17.2. The second kappa shape index (κ2) is 14.0. The Morgan fingerprint density at radius 3 is 1.38 bits per heavy atom. The molecule has 1 aliphatic heterocycles. The number of carboxylic acid groups (broad SMARTS) is 1. The molecule has 0 saturated carbocycles. The average molecular weight is 416 g/mol. The number of carbonyl (C=O) groups is 4. The van der Waals surface area contributed by atoms with Crippen LogP contribution in [0.5, 0.6) is 0 Å². The molecule has 1 fully saturated rings. The highest BCUT2D eigenvalue weighted by atomic mass is 16.5. The van der Waals surface area contributed by atoms with E-state index < -0.39 is 5.97 Å². The van der Waals surface area contributed by atoms with Crippen molar-refractivity contribution in [2.24, 2.45) is 0 Å². The van der Waals surface area contributed by atoms with Crippen molar-refractivity contribution in [1.82, 2.24) is 19.6 Å². The van der Waals surface area contributed by atoms with Crippen LogP contribution in [0.3, 0.4) is 0 Å². The molecule has 0 amide bonds. The number of methoxy groups -OCH3 is 2. The molecule has 1 saturated heterocycles. The molecule has 0 radical (unpaired) electrons. The summed E-state index contributed by atoms with van der Waals surface area (Å²) in [6.45, 7) is 4.35. The predicted octanol–water partition coefficient (Wildman–Crippen LogP) is -2.16. The van der Waals surface area contributed by atoms with E-state index in [1.54, 1.807) is 4.90 Å². The van der Waals surface area contributed by atoms with Gasteiger partial charge in [-0.1, -0.05) is 0 Å². The molecule has 0 bridgehead atoms. The summed E-state index contributed by atoms with van der Waals surface area (Å²) in [6, 6.07) is 0. The van der Waals surface area contributed by atoms with E-state index >= 15 is 0 Å². The Bertz CT molecular complexity index is 512. The smallest absolute Gasteiger partial charge is 0.319 e. The maximum absolute atomic E-state index is 11.7. The predicted molar refractivity (Wildman–Crippen MR) is 103 cm³/mol. The molecular formula is C18H32N4O7. The zero-order valence-corrected chi connectivity index (χ0v) is 17.2. The van der Waals surface area contributed by atoms with E-state index in [0.29, 0.717) is 52.4 Å². The number of hydrogen-bond donors (Lipinski definition) is 1. The quantitative estimate of drug-likeness (QED) is 0.344. The van der Waals surface area contributed by atoms with Crippen molar-refractivity contribution in [3.8, 4) is 0 Å². The number of aldehydes is 1. The van der Waals surface area contributed by atoms with Crippen LogP contribution >= 0.6 is 0 Å². The molecule has 11 heteroatoms. The maximum atomic E-state index is 11.7. The van der Waals surface area contributed by atoms with Gasteiger partial charge in [0.05, 0.1) is 40.4 Å². The van der Waals surface area contributed by atoms with Crippen LogP contribution in [0.25, 0.3) is 0 Å². The van der Waals surface area contributed by atoms with Crippen LogP contribution in [0, 0.1) is 0 Å². The van der Waals surface area contributed by atoms with Gasteiger partial charge in [0, 0.05) is 52.4 Å².